The fraction of sp³-hybridized carbons (Fsp3) is 0.529. The molecule has 1 aromatic heterocycles. The molecule has 4 nitrogen and oxygen atoms in total. The summed E-state index contributed by atoms with van der Waals surface area (Å²) in [5.41, 5.74) is 1.15. The quantitative estimate of drug-likeness (QED) is 0.919. The van der Waals surface area contributed by atoms with Crippen LogP contribution in [0.4, 0.5) is 0 Å². The lowest BCUT2D eigenvalue weighted by Gasteiger charge is -2.46. The number of aliphatic hydroxyl groups excluding tert-OH is 1. The Labute approximate surface area is 125 Å². The van der Waals surface area contributed by atoms with Crippen molar-refractivity contribution in [2.24, 2.45) is 0 Å². The molecule has 3 rings (SSSR count). The van der Waals surface area contributed by atoms with E-state index in [1.807, 2.05) is 10.7 Å². The van der Waals surface area contributed by atoms with Gasteiger partial charge in [0.05, 0.1) is 6.10 Å². The highest BCUT2D eigenvalue weighted by molar-refractivity contribution is 5.30. The number of nitrogens with zero attached hydrogens (tertiary/aromatic N) is 3. The van der Waals surface area contributed by atoms with Crippen molar-refractivity contribution in [1.82, 2.24) is 14.8 Å². The molecular formula is C17H23N3O. The van der Waals surface area contributed by atoms with Crippen LogP contribution in [0.2, 0.25) is 0 Å². The Morgan fingerprint density at radius 3 is 2.52 bits per heavy atom. The first-order valence-corrected chi connectivity index (χ1v) is 7.75. The minimum absolute atomic E-state index is 0.102. The average molecular weight is 285 g/mol. The van der Waals surface area contributed by atoms with Gasteiger partial charge in [0, 0.05) is 17.9 Å². The van der Waals surface area contributed by atoms with Crippen molar-refractivity contribution in [2.75, 3.05) is 0 Å². The zero-order chi connectivity index (χ0) is 14.9. The summed E-state index contributed by atoms with van der Waals surface area (Å²) in [6, 6.07) is 10.7. The summed E-state index contributed by atoms with van der Waals surface area (Å²) in [4.78, 5) is 4.33. The average Bonchev–Trinajstić information content (AvgIpc) is 2.87. The molecule has 1 unspecified atom stereocenters. The Morgan fingerprint density at radius 1 is 1.24 bits per heavy atom. The van der Waals surface area contributed by atoms with Gasteiger partial charge in [0.1, 0.15) is 12.2 Å². The van der Waals surface area contributed by atoms with E-state index in [2.05, 4.69) is 48.2 Å². The van der Waals surface area contributed by atoms with Gasteiger partial charge in [-0.2, -0.15) is 5.10 Å². The maximum atomic E-state index is 10.9. The highest BCUT2D eigenvalue weighted by Crippen LogP contribution is 2.47. The topological polar surface area (TPSA) is 50.9 Å². The van der Waals surface area contributed by atoms with Crippen LogP contribution < -0.4 is 0 Å². The summed E-state index contributed by atoms with van der Waals surface area (Å²) in [6.45, 7) is 4.17. The first-order valence-electron chi connectivity index (χ1n) is 7.75. The molecule has 1 heterocycles. The lowest BCUT2D eigenvalue weighted by Crippen LogP contribution is -2.47. The summed E-state index contributed by atoms with van der Waals surface area (Å²) in [7, 11) is 0. The van der Waals surface area contributed by atoms with Crippen molar-refractivity contribution in [1.29, 1.82) is 0 Å². The van der Waals surface area contributed by atoms with E-state index in [0.29, 0.717) is 6.42 Å². The molecule has 0 aliphatic heterocycles. The van der Waals surface area contributed by atoms with E-state index in [4.69, 9.17) is 0 Å². The molecule has 1 aliphatic rings. The zero-order valence-electron chi connectivity index (χ0n) is 12.7. The Kier molecular flexibility index (Phi) is 3.81. The molecule has 0 bridgehead atoms. The van der Waals surface area contributed by atoms with Gasteiger partial charge in [0.2, 0.25) is 0 Å². The summed E-state index contributed by atoms with van der Waals surface area (Å²) in [5, 5.41) is 15.1. The van der Waals surface area contributed by atoms with Gasteiger partial charge in [-0.25, -0.2) is 9.67 Å². The number of hydrogen-bond acceptors (Lipinski definition) is 3. The number of aliphatic hydroxyl groups is 1. The Bertz CT molecular complexity index is 587. The molecule has 1 fully saturated rings. The van der Waals surface area contributed by atoms with Crippen LogP contribution in [0.5, 0.6) is 0 Å². The van der Waals surface area contributed by atoms with Crippen molar-refractivity contribution in [3.8, 4) is 0 Å². The van der Waals surface area contributed by atoms with Crippen molar-refractivity contribution in [2.45, 2.75) is 57.1 Å². The van der Waals surface area contributed by atoms with Gasteiger partial charge in [0.15, 0.2) is 0 Å². The highest BCUT2D eigenvalue weighted by Gasteiger charge is 2.45. The van der Waals surface area contributed by atoms with Crippen LogP contribution in [0.3, 0.4) is 0 Å². The molecule has 112 valence electrons. The Balaban J connectivity index is 1.83. The van der Waals surface area contributed by atoms with Crippen LogP contribution in [0.25, 0.3) is 0 Å². The molecule has 21 heavy (non-hydrogen) atoms. The predicted molar refractivity (Wildman–Crippen MR) is 82.1 cm³/mol. The number of rotatable bonds is 5. The van der Waals surface area contributed by atoms with E-state index in [0.717, 1.165) is 18.7 Å². The second kappa shape index (κ2) is 5.60. The van der Waals surface area contributed by atoms with Crippen LogP contribution >= 0.6 is 0 Å². The van der Waals surface area contributed by atoms with Crippen LogP contribution in [-0.2, 0) is 11.8 Å². The third-order valence-electron chi connectivity index (χ3n) is 4.74. The Morgan fingerprint density at radius 2 is 1.95 bits per heavy atom. The summed E-state index contributed by atoms with van der Waals surface area (Å²) in [5.74, 6) is 0.875. The van der Waals surface area contributed by atoms with Gasteiger partial charge in [-0.05, 0) is 32.3 Å². The van der Waals surface area contributed by atoms with Gasteiger partial charge < -0.3 is 5.11 Å². The molecule has 1 aliphatic carbocycles. The molecule has 0 radical (unpaired) electrons. The fourth-order valence-electron chi connectivity index (χ4n) is 3.36. The standard InChI is InChI=1S/C17H23N3O/c1-13(2)20-16(18-12-19-20)11-15(21)17(9-6-10-17)14-7-4-3-5-8-14/h3-5,7-8,12-13,15,21H,6,9-11H2,1-2H3. The molecular weight excluding hydrogens is 262 g/mol. The minimum Gasteiger partial charge on any atom is -0.392 e. The predicted octanol–water partition coefficient (Wildman–Crippen LogP) is 2.88. The summed E-state index contributed by atoms with van der Waals surface area (Å²) >= 11 is 0. The largest absolute Gasteiger partial charge is 0.392 e. The molecule has 2 aromatic rings. The van der Waals surface area contributed by atoms with Gasteiger partial charge in [-0.3, -0.25) is 0 Å². The molecule has 0 saturated heterocycles. The molecule has 1 atom stereocenters. The maximum Gasteiger partial charge on any atom is 0.138 e. The van der Waals surface area contributed by atoms with E-state index in [9.17, 15) is 5.11 Å². The first kappa shape index (κ1) is 14.3. The molecule has 0 amide bonds. The number of benzene rings is 1. The summed E-state index contributed by atoms with van der Waals surface area (Å²) < 4.78 is 1.90. The van der Waals surface area contributed by atoms with E-state index < -0.39 is 6.10 Å². The molecule has 1 aromatic carbocycles. The second-order valence-electron chi connectivity index (χ2n) is 6.31. The second-order valence-corrected chi connectivity index (χ2v) is 6.31. The van der Waals surface area contributed by atoms with Crippen molar-refractivity contribution < 1.29 is 5.11 Å². The highest BCUT2D eigenvalue weighted by atomic mass is 16.3. The monoisotopic (exact) mass is 285 g/mol. The zero-order valence-corrected chi connectivity index (χ0v) is 12.7. The number of hydrogen-bond donors (Lipinski definition) is 1. The van der Waals surface area contributed by atoms with Crippen LogP contribution in [0, 0.1) is 0 Å². The van der Waals surface area contributed by atoms with Crippen molar-refractivity contribution in [3.05, 3.63) is 48.0 Å². The smallest absolute Gasteiger partial charge is 0.138 e. The van der Waals surface area contributed by atoms with Crippen molar-refractivity contribution >= 4 is 0 Å². The van der Waals surface area contributed by atoms with Crippen LogP contribution in [-0.4, -0.2) is 26.0 Å². The fourth-order valence-corrected chi connectivity index (χ4v) is 3.36. The third kappa shape index (κ3) is 2.48. The summed E-state index contributed by atoms with van der Waals surface area (Å²) in [6.07, 6.45) is 5.02. The molecule has 1 N–H and O–H groups in total. The van der Waals surface area contributed by atoms with Crippen LogP contribution in [0.1, 0.15) is 50.5 Å². The Hall–Kier alpha value is -1.68. The SMILES string of the molecule is CC(C)n1ncnc1CC(O)C1(c2ccccc2)CCC1. The van der Waals surface area contributed by atoms with E-state index in [1.54, 1.807) is 6.33 Å². The maximum absolute atomic E-state index is 10.9. The van der Waals surface area contributed by atoms with E-state index in [1.165, 1.54) is 12.0 Å². The molecule has 4 heteroatoms. The van der Waals surface area contributed by atoms with Gasteiger partial charge in [-0.15, -0.1) is 0 Å². The van der Waals surface area contributed by atoms with Crippen molar-refractivity contribution in [3.63, 3.8) is 0 Å². The van der Waals surface area contributed by atoms with Crippen LogP contribution in [0.15, 0.2) is 36.7 Å². The minimum atomic E-state index is -0.407. The van der Waals surface area contributed by atoms with Gasteiger partial charge >= 0.3 is 0 Å². The van der Waals surface area contributed by atoms with Gasteiger partial charge in [0.25, 0.3) is 0 Å². The normalized spacial score (nSPS) is 18.5. The number of aromatic nitrogens is 3. The van der Waals surface area contributed by atoms with E-state index in [-0.39, 0.29) is 11.5 Å². The van der Waals surface area contributed by atoms with Gasteiger partial charge in [-0.1, -0.05) is 36.8 Å². The first-order chi connectivity index (χ1) is 10.1. The molecule has 0 spiro atoms. The third-order valence-corrected chi connectivity index (χ3v) is 4.74. The molecule has 1 saturated carbocycles. The lowest BCUT2D eigenvalue weighted by molar-refractivity contribution is 0.0263. The lowest BCUT2D eigenvalue weighted by atomic mass is 9.60. The van der Waals surface area contributed by atoms with E-state index >= 15 is 0 Å².